The topological polar surface area (TPSA) is 246 Å². The third-order valence-corrected chi connectivity index (χ3v) is 23.1. The van der Waals surface area contributed by atoms with Gasteiger partial charge in [0.05, 0.1) is 46.5 Å². The van der Waals surface area contributed by atoms with E-state index in [2.05, 4.69) is 305 Å². The Kier molecular flexibility index (Phi) is 33.7. The second kappa shape index (κ2) is 41.9. The molecular formula is C104H114F6N24Pt4. The van der Waals surface area contributed by atoms with E-state index in [-0.39, 0.29) is 128 Å². The van der Waals surface area contributed by atoms with Crippen LogP contribution in [0.25, 0.3) is 46.5 Å². The molecule has 0 amide bonds. The predicted molar refractivity (Wildman–Crippen MR) is 502 cm³/mol. The fourth-order valence-electron chi connectivity index (χ4n) is 14.9. The van der Waals surface area contributed by atoms with Gasteiger partial charge in [0.25, 0.3) is 0 Å². The van der Waals surface area contributed by atoms with Gasteiger partial charge in [0.15, 0.2) is 0 Å². The van der Waals surface area contributed by atoms with Gasteiger partial charge in [0.1, 0.15) is 0 Å². The molecule has 0 spiro atoms. The Morgan fingerprint density at radius 3 is 0.609 bits per heavy atom. The van der Waals surface area contributed by atoms with E-state index >= 15 is 0 Å². The monoisotopic (exact) mass is 2590 g/mol. The van der Waals surface area contributed by atoms with Crippen LogP contribution in [-0.2, 0) is 151 Å². The van der Waals surface area contributed by atoms with Gasteiger partial charge in [-0.1, -0.05) is 307 Å². The number of pyridine rings is 8. The minimum atomic E-state index is -4.61. The van der Waals surface area contributed by atoms with Gasteiger partial charge >= 0.3 is 96.6 Å². The average molecular weight is 2590 g/mol. The number of nitrogens with zero attached hydrogens (tertiary/aromatic N) is 24. The van der Waals surface area contributed by atoms with E-state index in [1.165, 1.54) is 12.1 Å². The Morgan fingerprint density at radius 1 is 0.217 bits per heavy atom. The van der Waals surface area contributed by atoms with Gasteiger partial charge in [-0.3, -0.25) is 39.9 Å². The molecule has 16 aromatic rings. The fourth-order valence-corrected chi connectivity index (χ4v) is 14.9. The molecule has 0 fully saturated rings. The molecule has 0 unspecified atom stereocenters. The zero-order valence-corrected chi connectivity index (χ0v) is 91.7. The van der Waals surface area contributed by atoms with Gasteiger partial charge in [0, 0.05) is 129 Å². The summed E-state index contributed by atoms with van der Waals surface area (Å²) in [5.41, 5.74) is 10.1. The third-order valence-electron chi connectivity index (χ3n) is 23.1. The molecule has 16 aromatic heterocycles. The molecule has 0 saturated heterocycles. The third kappa shape index (κ3) is 24.8. The van der Waals surface area contributed by atoms with Crippen molar-refractivity contribution in [2.45, 2.75) is 260 Å². The minimum Gasteiger partial charge on any atom is -0.418 e. The molecule has 0 atom stereocenters. The summed E-state index contributed by atoms with van der Waals surface area (Å²) in [5.74, 6) is 5.13. The summed E-state index contributed by atoms with van der Waals surface area (Å²) >= 11 is 0. The summed E-state index contributed by atoms with van der Waals surface area (Å²) in [6.45, 7) is 59.4. The van der Waals surface area contributed by atoms with Crippen molar-refractivity contribution in [1.82, 2.24) is 116 Å². The zero-order valence-electron chi connectivity index (χ0n) is 82.6. The maximum Gasteiger partial charge on any atom is 2.00 e. The van der Waals surface area contributed by atoms with E-state index in [0.717, 1.165) is 136 Å². The van der Waals surface area contributed by atoms with Crippen molar-refractivity contribution >= 4 is 0 Å². The van der Waals surface area contributed by atoms with Crippen molar-refractivity contribution in [2.24, 2.45) is 0 Å². The van der Waals surface area contributed by atoms with Crippen molar-refractivity contribution in [3.8, 4) is 46.5 Å². The largest absolute Gasteiger partial charge is 2.00 e. The van der Waals surface area contributed by atoms with Crippen LogP contribution in [0.2, 0.25) is 0 Å². The number of alkyl halides is 6. The van der Waals surface area contributed by atoms with Gasteiger partial charge in [-0.15, -0.1) is 0 Å². The van der Waals surface area contributed by atoms with Crippen LogP contribution in [0.1, 0.15) is 283 Å². The quantitative estimate of drug-likeness (QED) is 0.0644. The van der Waals surface area contributed by atoms with E-state index in [9.17, 15) is 26.3 Å². The van der Waals surface area contributed by atoms with Gasteiger partial charge in [-0.2, -0.15) is 26.3 Å². The molecule has 138 heavy (non-hydrogen) atoms. The van der Waals surface area contributed by atoms with Crippen LogP contribution in [-0.4, -0.2) is 116 Å². The molecule has 0 aliphatic rings. The van der Waals surface area contributed by atoms with Crippen molar-refractivity contribution in [3.05, 3.63) is 336 Å². The molecule has 0 aliphatic heterocycles. The first-order chi connectivity index (χ1) is 62.3. The number of imidazole rings is 8. The molecule has 0 N–H and O–H groups in total. The molecule has 0 radical (unpaired) electrons. The molecule has 16 heterocycles. The molecule has 0 aromatic carbocycles. The maximum atomic E-state index is 12.9. The van der Waals surface area contributed by atoms with Gasteiger partial charge in [0.2, 0.25) is 0 Å². The van der Waals surface area contributed by atoms with E-state index < -0.39 is 45.4 Å². The van der Waals surface area contributed by atoms with E-state index in [1.807, 2.05) is 137 Å². The van der Waals surface area contributed by atoms with E-state index in [0.29, 0.717) is 11.4 Å². The first-order valence-corrected chi connectivity index (χ1v) is 44.0. The number of halogens is 6. The molecule has 0 saturated carbocycles. The van der Waals surface area contributed by atoms with Crippen LogP contribution >= 0.6 is 0 Å². The molecular weight excluding hydrogens is 2480 g/mol. The normalized spacial score (nSPS) is 12.5. The van der Waals surface area contributed by atoms with Crippen LogP contribution in [0.4, 0.5) is 26.3 Å². The van der Waals surface area contributed by atoms with Crippen molar-refractivity contribution < 1.29 is 111 Å². The van der Waals surface area contributed by atoms with Crippen LogP contribution in [0.15, 0.2) is 183 Å². The van der Waals surface area contributed by atoms with E-state index in [1.54, 1.807) is 38.1 Å². The fraction of sp³-hybridized carbons (Fsp3) is 0.385. The average Bonchev–Trinajstić information content (AvgIpc) is 1.56. The molecule has 0 aliphatic carbocycles. The summed E-state index contributed by atoms with van der Waals surface area (Å²) in [6, 6.07) is 46.0. The van der Waals surface area contributed by atoms with Crippen LogP contribution in [0.5, 0.6) is 0 Å². The summed E-state index contributed by atoms with van der Waals surface area (Å²) in [5, 5.41) is 0. The zero-order chi connectivity index (χ0) is 97.8. The smallest absolute Gasteiger partial charge is 0.418 e. The van der Waals surface area contributed by atoms with Gasteiger partial charge < -0.3 is 76.4 Å². The number of hydrogen-bond donors (Lipinski definition) is 0. The predicted octanol–water partition coefficient (Wildman–Crippen LogP) is 21.5. The summed E-state index contributed by atoms with van der Waals surface area (Å²) < 4.78 is 90.7. The summed E-state index contributed by atoms with van der Waals surface area (Å²) in [7, 11) is 0. The second-order valence-corrected chi connectivity index (χ2v) is 41.5. The molecule has 0 bridgehead atoms. The van der Waals surface area contributed by atoms with Gasteiger partial charge in [-0.05, 0) is 148 Å². The second-order valence-electron chi connectivity index (χ2n) is 41.5. The van der Waals surface area contributed by atoms with Crippen molar-refractivity contribution in [3.63, 3.8) is 0 Å². The van der Waals surface area contributed by atoms with Crippen molar-refractivity contribution in [1.29, 1.82) is 0 Å². The Hall–Kier alpha value is -10.8. The van der Waals surface area contributed by atoms with E-state index in [4.69, 9.17) is 29.9 Å². The SMILES string of the molecule is CC(C)(C)c1cn(-c2cccc(C(C)(C)c3cccc(-n4[c-]nc(C(C)(C)C)c4)n3)n2)[c-]n1.CC(C)(C)c1cn[c-]n1-c1cccc(C(C)(C)c2cccc(-n3[c-]ncc3C(C)(C)C)n2)n1.CC(C)(c1cccc(-n2[c-]nc(C(F)(F)F)c2)n1)c1cccc(-n2[c-]nc(C(F)(F)F)c2)n1.Cc1c(C(C)(C)C)n[c-]n1-c1cccc(C(C)(C)c2cccc(-n3[c-]nc(C(C)(C)C)c3C)n2)n1.[Pt+2].[Pt+2].[Pt+2].[Pt+2]. The first kappa shape index (κ1) is 111. The molecule has 732 valence electrons. The standard InChI is InChI=1S/C29H36N6.2C27H32N6.C21H14F6N6.4Pt/c1-19-25(27(3,4)5)30-17-34(19)23-15-11-13-21(32-23)29(9,10)22-14-12-16-24(33-22)35-18-31-26(20(35)2)28(6,7)8;1-25(2,3)21-15-32(17-28-21)23-13-9-11-19(30-23)27(7,8)20-12-10-14-24(31-20)33-16-22(29-18-33)26(4,5)6;1-25(2,3)21-15-28-17-32(21)23-13-9-11-19(30-23)27(7,8)20-12-10-14-24(31-20)33-18-29-16-22(33)26(4,5)6;1-19(2,13-5-3-7-17(30-13)32-9-15(28-11-32)20(22,23)24)14-6-4-8-18(31-14)33-10-16(29-12-33)21(25,26)27;;;;/h11-16H,1-10H3;2*9-16H,1-8H3;3-10H,1-2H3;;;;/q4*-2;4*+2. The Balaban J connectivity index is 0.000000204. The van der Waals surface area contributed by atoms with Crippen LogP contribution < -0.4 is 0 Å². The Morgan fingerprint density at radius 2 is 0.420 bits per heavy atom. The van der Waals surface area contributed by atoms with Crippen LogP contribution in [0.3, 0.4) is 0 Å². The number of rotatable bonds is 16. The molecule has 34 heteroatoms. The Labute approximate surface area is 862 Å². The summed E-state index contributed by atoms with van der Waals surface area (Å²) in [6.07, 6.45) is 23.1. The Bertz CT molecular complexity index is 6230. The molecule has 16 rings (SSSR count). The van der Waals surface area contributed by atoms with Gasteiger partial charge in [-0.25, -0.2) is 0 Å². The summed E-state index contributed by atoms with van der Waals surface area (Å²) in [4.78, 5) is 71.9. The molecule has 24 nitrogen and oxygen atoms in total. The first-order valence-electron chi connectivity index (χ1n) is 44.0. The van der Waals surface area contributed by atoms with Crippen molar-refractivity contribution in [2.75, 3.05) is 0 Å². The number of hydrogen-bond acceptors (Lipinski definition) is 16. The van der Waals surface area contributed by atoms with Crippen LogP contribution in [0, 0.1) is 64.5 Å². The minimum absolute atomic E-state index is 0. The maximum absolute atomic E-state index is 12.9. The number of aromatic nitrogens is 24.